The van der Waals surface area contributed by atoms with Crippen LogP contribution in [0.15, 0.2) is 29.2 Å². The van der Waals surface area contributed by atoms with E-state index in [0.29, 0.717) is 13.0 Å². The number of nitrogens with one attached hydrogen (secondary N) is 1. The fraction of sp³-hybridized carbons (Fsp3) is 0.579. The molecule has 2 N–H and O–H groups in total. The zero-order valence-electron chi connectivity index (χ0n) is 16.0. The van der Waals surface area contributed by atoms with Gasteiger partial charge in [0, 0.05) is 18.2 Å². The molecule has 0 aliphatic carbocycles. The third-order valence-corrected chi connectivity index (χ3v) is 7.26. The van der Waals surface area contributed by atoms with Gasteiger partial charge < -0.3 is 10.4 Å². The van der Waals surface area contributed by atoms with Gasteiger partial charge in [0.15, 0.2) is 0 Å². The topological polar surface area (TPSA) is 104 Å². The monoisotopic (exact) mass is 396 g/mol. The lowest BCUT2D eigenvalue weighted by Gasteiger charge is -2.32. The molecule has 0 bridgehead atoms. The average molecular weight is 397 g/mol. The molecule has 27 heavy (non-hydrogen) atoms. The summed E-state index contributed by atoms with van der Waals surface area (Å²) in [6.45, 7) is 6.02. The van der Waals surface area contributed by atoms with Gasteiger partial charge in [-0.1, -0.05) is 26.7 Å². The highest BCUT2D eigenvalue weighted by molar-refractivity contribution is 7.89. The number of hydrogen-bond acceptors (Lipinski definition) is 4. The van der Waals surface area contributed by atoms with Gasteiger partial charge in [0.1, 0.15) is 6.04 Å². The van der Waals surface area contributed by atoms with E-state index in [-0.39, 0.29) is 22.4 Å². The van der Waals surface area contributed by atoms with E-state index >= 15 is 0 Å². The molecule has 8 heteroatoms. The third kappa shape index (κ3) is 4.87. The molecule has 3 atom stereocenters. The summed E-state index contributed by atoms with van der Waals surface area (Å²) in [6, 6.07) is 4.63. The van der Waals surface area contributed by atoms with Crippen molar-refractivity contribution in [3.63, 3.8) is 0 Å². The molecule has 2 rings (SSSR count). The van der Waals surface area contributed by atoms with Crippen LogP contribution in [0.2, 0.25) is 0 Å². The van der Waals surface area contributed by atoms with Crippen molar-refractivity contribution in [1.29, 1.82) is 0 Å². The molecular formula is C19H28N2O5S. The normalized spacial score (nSPS) is 20.6. The zero-order chi connectivity index (χ0) is 20.2. The summed E-state index contributed by atoms with van der Waals surface area (Å²) >= 11 is 0. The van der Waals surface area contributed by atoms with Crippen molar-refractivity contribution in [1.82, 2.24) is 9.62 Å². The van der Waals surface area contributed by atoms with Crippen LogP contribution in [-0.2, 0) is 14.8 Å². The Labute approximate surface area is 160 Å². The van der Waals surface area contributed by atoms with Crippen molar-refractivity contribution in [2.75, 3.05) is 6.54 Å². The van der Waals surface area contributed by atoms with Crippen molar-refractivity contribution in [3.8, 4) is 0 Å². The minimum absolute atomic E-state index is 0.0430. The second kappa shape index (κ2) is 8.84. The van der Waals surface area contributed by atoms with E-state index in [1.807, 2.05) is 13.8 Å². The molecule has 1 saturated heterocycles. The fourth-order valence-corrected chi connectivity index (χ4v) is 4.95. The second-order valence-corrected chi connectivity index (χ2v) is 9.05. The molecule has 0 saturated carbocycles. The van der Waals surface area contributed by atoms with Crippen LogP contribution in [0.4, 0.5) is 0 Å². The summed E-state index contributed by atoms with van der Waals surface area (Å²) in [5.41, 5.74) is 0.232. The van der Waals surface area contributed by atoms with Crippen LogP contribution in [0.5, 0.6) is 0 Å². The molecule has 1 aromatic rings. The molecule has 7 nitrogen and oxygen atoms in total. The zero-order valence-corrected chi connectivity index (χ0v) is 16.8. The Kier molecular flexibility index (Phi) is 7.00. The number of amides is 1. The van der Waals surface area contributed by atoms with Crippen LogP contribution in [0.25, 0.3) is 0 Å². The van der Waals surface area contributed by atoms with Crippen LogP contribution in [0, 0.1) is 5.92 Å². The lowest BCUT2D eigenvalue weighted by Crippen LogP contribution is -2.45. The van der Waals surface area contributed by atoms with Gasteiger partial charge in [-0.3, -0.25) is 4.79 Å². The number of aliphatic carboxylic acids is 1. The van der Waals surface area contributed by atoms with Crippen LogP contribution < -0.4 is 5.32 Å². The molecule has 0 radical (unpaired) electrons. The first-order chi connectivity index (χ1) is 12.7. The standard InChI is InChI=1S/C19H28N2O5S/c1-4-13(2)17(19(23)24)20-18(22)15-8-10-16(11-9-15)27(25,26)21-12-6-5-7-14(21)3/h8-11,13-14,17H,4-7,12H2,1-3H3,(H,20,22)(H,23,24)/t13-,14?,17-/m0/s1. The predicted molar refractivity (Wildman–Crippen MR) is 102 cm³/mol. The molecule has 1 aliphatic heterocycles. The van der Waals surface area contributed by atoms with E-state index in [4.69, 9.17) is 0 Å². The van der Waals surface area contributed by atoms with Gasteiger partial charge in [0.05, 0.1) is 4.90 Å². The van der Waals surface area contributed by atoms with E-state index in [1.165, 1.54) is 28.6 Å². The average Bonchev–Trinajstić information content (AvgIpc) is 2.65. The molecule has 0 aromatic heterocycles. The molecule has 1 fully saturated rings. The van der Waals surface area contributed by atoms with Gasteiger partial charge in [0.2, 0.25) is 10.0 Å². The van der Waals surface area contributed by atoms with Crippen molar-refractivity contribution in [2.45, 2.75) is 63.4 Å². The first-order valence-electron chi connectivity index (χ1n) is 9.34. The summed E-state index contributed by atoms with van der Waals surface area (Å²) in [6.07, 6.45) is 3.32. The number of piperidine rings is 1. The summed E-state index contributed by atoms with van der Waals surface area (Å²) in [7, 11) is -3.60. The second-order valence-electron chi connectivity index (χ2n) is 7.16. The number of carboxylic acids is 1. The van der Waals surface area contributed by atoms with Gasteiger partial charge in [-0.15, -0.1) is 0 Å². The Bertz CT molecular complexity index is 776. The van der Waals surface area contributed by atoms with Crippen molar-refractivity contribution in [3.05, 3.63) is 29.8 Å². The van der Waals surface area contributed by atoms with Gasteiger partial charge in [-0.25, -0.2) is 13.2 Å². The van der Waals surface area contributed by atoms with E-state index in [2.05, 4.69) is 5.32 Å². The predicted octanol–water partition coefficient (Wildman–Crippen LogP) is 2.48. The number of rotatable bonds is 7. The smallest absolute Gasteiger partial charge is 0.326 e. The molecule has 1 heterocycles. The minimum Gasteiger partial charge on any atom is -0.480 e. The first kappa shape index (κ1) is 21.4. The molecule has 1 aliphatic rings. The van der Waals surface area contributed by atoms with E-state index in [9.17, 15) is 23.1 Å². The number of carboxylic acid groups (broad SMARTS) is 1. The quantitative estimate of drug-likeness (QED) is 0.737. The Morgan fingerprint density at radius 2 is 1.89 bits per heavy atom. The maximum atomic E-state index is 12.8. The molecule has 1 amide bonds. The summed E-state index contributed by atoms with van der Waals surface area (Å²) in [5.74, 6) is -1.83. The van der Waals surface area contributed by atoms with Crippen LogP contribution in [0.1, 0.15) is 56.8 Å². The lowest BCUT2D eigenvalue weighted by molar-refractivity contribution is -0.140. The summed E-state index contributed by atoms with van der Waals surface area (Å²) in [4.78, 5) is 23.9. The fourth-order valence-electron chi connectivity index (χ4n) is 3.25. The number of carbonyl (C=O) groups is 2. The Balaban J connectivity index is 2.16. The number of nitrogens with zero attached hydrogens (tertiary/aromatic N) is 1. The van der Waals surface area contributed by atoms with Crippen LogP contribution >= 0.6 is 0 Å². The number of carbonyl (C=O) groups excluding carboxylic acids is 1. The van der Waals surface area contributed by atoms with Crippen LogP contribution in [-0.4, -0.2) is 48.3 Å². The number of benzene rings is 1. The highest BCUT2D eigenvalue weighted by Crippen LogP contribution is 2.25. The summed E-state index contributed by atoms with van der Waals surface area (Å²) < 4.78 is 27.2. The largest absolute Gasteiger partial charge is 0.480 e. The van der Waals surface area contributed by atoms with E-state index in [0.717, 1.165) is 19.3 Å². The van der Waals surface area contributed by atoms with Gasteiger partial charge in [-0.2, -0.15) is 4.31 Å². The number of sulfonamides is 1. The molecule has 0 spiro atoms. The van der Waals surface area contributed by atoms with Crippen LogP contribution in [0.3, 0.4) is 0 Å². The molecule has 1 aromatic carbocycles. The Hall–Kier alpha value is -1.93. The lowest BCUT2D eigenvalue weighted by atomic mass is 9.99. The van der Waals surface area contributed by atoms with E-state index in [1.54, 1.807) is 6.92 Å². The van der Waals surface area contributed by atoms with Gasteiger partial charge >= 0.3 is 5.97 Å². The maximum absolute atomic E-state index is 12.8. The highest BCUT2D eigenvalue weighted by atomic mass is 32.2. The maximum Gasteiger partial charge on any atom is 0.326 e. The van der Waals surface area contributed by atoms with Crippen molar-refractivity contribution < 1.29 is 23.1 Å². The number of hydrogen-bond donors (Lipinski definition) is 2. The highest BCUT2D eigenvalue weighted by Gasteiger charge is 2.31. The van der Waals surface area contributed by atoms with Crippen molar-refractivity contribution in [2.24, 2.45) is 5.92 Å². The minimum atomic E-state index is -3.60. The third-order valence-electron chi connectivity index (χ3n) is 5.23. The molecular weight excluding hydrogens is 368 g/mol. The van der Waals surface area contributed by atoms with Gasteiger partial charge in [-0.05, 0) is 49.9 Å². The van der Waals surface area contributed by atoms with Gasteiger partial charge in [0.25, 0.3) is 5.91 Å². The Morgan fingerprint density at radius 3 is 2.41 bits per heavy atom. The summed E-state index contributed by atoms with van der Waals surface area (Å²) in [5, 5.41) is 11.8. The van der Waals surface area contributed by atoms with E-state index < -0.39 is 27.9 Å². The Morgan fingerprint density at radius 1 is 1.26 bits per heavy atom. The molecule has 150 valence electrons. The van der Waals surface area contributed by atoms with Crippen molar-refractivity contribution >= 4 is 21.9 Å². The first-order valence-corrected chi connectivity index (χ1v) is 10.8. The SMILES string of the molecule is CC[C@H](C)[C@H](NC(=O)c1ccc(S(=O)(=O)N2CCCCC2C)cc1)C(=O)O. The molecule has 1 unspecified atom stereocenters.